The molecule has 0 heterocycles. The number of likely N-dealkylation sites (N-methyl/N-ethyl adjacent to an activating group) is 1. The molecule has 18 heavy (non-hydrogen) atoms. The second-order valence-electron chi connectivity index (χ2n) is 4.02. The summed E-state index contributed by atoms with van der Waals surface area (Å²) in [5.74, 6) is -0.521. The molecular weight excluding hydrogens is 230 g/mol. The molecule has 4 N–H and O–H groups in total. The molecule has 0 aliphatic carbocycles. The third-order valence-corrected chi connectivity index (χ3v) is 2.63. The Labute approximate surface area is 107 Å². The molecule has 1 aromatic carbocycles. The minimum absolute atomic E-state index is 0.0611. The van der Waals surface area contributed by atoms with Crippen molar-refractivity contribution in [3.05, 3.63) is 35.4 Å². The Balaban J connectivity index is 2.63. The topological polar surface area (TPSA) is 84.2 Å². The van der Waals surface area contributed by atoms with Gasteiger partial charge in [0.1, 0.15) is 0 Å². The van der Waals surface area contributed by atoms with Gasteiger partial charge in [0.2, 0.25) is 11.8 Å². The van der Waals surface area contributed by atoms with Gasteiger partial charge in [0, 0.05) is 18.7 Å². The van der Waals surface area contributed by atoms with E-state index in [2.05, 4.69) is 10.6 Å². The van der Waals surface area contributed by atoms with Crippen molar-refractivity contribution < 1.29 is 9.59 Å². The van der Waals surface area contributed by atoms with E-state index < -0.39 is 5.91 Å². The minimum Gasteiger partial charge on any atom is -0.366 e. The summed E-state index contributed by atoms with van der Waals surface area (Å²) in [6.07, 6.45) is 0. The van der Waals surface area contributed by atoms with Crippen molar-refractivity contribution in [2.24, 2.45) is 5.73 Å². The molecule has 0 radical (unpaired) electrons. The first-order valence-corrected chi connectivity index (χ1v) is 5.95. The summed E-state index contributed by atoms with van der Waals surface area (Å²) in [5, 5.41) is 5.78. The molecule has 0 aliphatic rings. The maximum Gasteiger partial charge on any atom is 0.249 e. The van der Waals surface area contributed by atoms with Crippen LogP contribution in [0.4, 0.5) is 0 Å². The molecule has 5 nitrogen and oxygen atoms in total. The van der Waals surface area contributed by atoms with Gasteiger partial charge in [-0.25, -0.2) is 0 Å². The fraction of sp³-hybridized carbons (Fsp3) is 0.385. The summed E-state index contributed by atoms with van der Waals surface area (Å²) in [6, 6.07) is 6.77. The van der Waals surface area contributed by atoms with Gasteiger partial charge in [-0.1, -0.05) is 18.2 Å². The molecule has 0 aliphatic heterocycles. The highest BCUT2D eigenvalue weighted by Gasteiger charge is 2.12. The number of nitrogens with two attached hydrogens (primary N) is 1. The monoisotopic (exact) mass is 249 g/mol. The first-order chi connectivity index (χ1) is 8.56. The van der Waals surface area contributed by atoms with Gasteiger partial charge in [0.25, 0.3) is 0 Å². The van der Waals surface area contributed by atoms with E-state index in [4.69, 9.17) is 5.73 Å². The SMILES string of the molecule is CCNC(=O)C(C)NCc1ccccc1C(N)=O. The van der Waals surface area contributed by atoms with Gasteiger partial charge in [-0.3, -0.25) is 9.59 Å². The molecule has 0 bridgehead atoms. The number of rotatable bonds is 6. The van der Waals surface area contributed by atoms with E-state index in [1.165, 1.54) is 0 Å². The molecule has 0 spiro atoms. The van der Waals surface area contributed by atoms with E-state index in [-0.39, 0.29) is 11.9 Å². The van der Waals surface area contributed by atoms with Gasteiger partial charge in [0.05, 0.1) is 6.04 Å². The quantitative estimate of drug-likeness (QED) is 0.682. The lowest BCUT2D eigenvalue weighted by atomic mass is 10.1. The molecule has 5 heteroatoms. The molecule has 0 aromatic heterocycles. The minimum atomic E-state index is -0.460. The average Bonchev–Trinajstić information content (AvgIpc) is 2.36. The Hall–Kier alpha value is -1.88. The fourth-order valence-corrected chi connectivity index (χ4v) is 1.60. The Bertz CT molecular complexity index is 432. The van der Waals surface area contributed by atoms with Crippen LogP contribution in [0.5, 0.6) is 0 Å². The second-order valence-corrected chi connectivity index (χ2v) is 4.02. The molecule has 2 amide bonds. The van der Waals surface area contributed by atoms with Crippen LogP contribution in [0.2, 0.25) is 0 Å². The maximum atomic E-state index is 11.5. The average molecular weight is 249 g/mol. The second kappa shape index (κ2) is 6.76. The highest BCUT2D eigenvalue weighted by Crippen LogP contribution is 2.07. The molecule has 0 saturated carbocycles. The van der Waals surface area contributed by atoms with Crippen molar-refractivity contribution in [1.29, 1.82) is 0 Å². The van der Waals surface area contributed by atoms with Gasteiger partial charge >= 0.3 is 0 Å². The van der Waals surface area contributed by atoms with Crippen molar-refractivity contribution in [2.45, 2.75) is 26.4 Å². The highest BCUT2D eigenvalue weighted by atomic mass is 16.2. The summed E-state index contributed by atoms with van der Waals surface area (Å²) in [7, 11) is 0. The molecule has 0 fully saturated rings. The Morgan fingerprint density at radius 1 is 1.33 bits per heavy atom. The zero-order valence-corrected chi connectivity index (χ0v) is 10.7. The lowest BCUT2D eigenvalue weighted by Gasteiger charge is -2.14. The number of hydrogen-bond acceptors (Lipinski definition) is 3. The first kappa shape index (κ1) is 14.2. The number of nitrogens with one attached hydrogen (secondary N) is 2. The predicted octanol–water partition coefficient (Wildman–Crippen LogP) is 0.400. The normalized spacial score (nSPS) is 11.9. The van der Waals surface area contributed by atoms with Gasteiger partial charge in [-0.05, 0) is 25.5 Å². The van der Waals surface area contributed by atoms with Crippen molar-refractivity contribution in [3.63, 3.8) is 0 Å². The van der Waals surface area contributed by atoms with E-state index in [0.29, 0.717) is 18.7 Å². The first-order valence-electron chi connectivity index (χ1n) is 5.95. The highest BCUT2D eigenvalue weighted by molar-refractivity contribution is 5.94. The van der Waals surface area contributed by atoms with E-state index >= 15 is 0 Å². The molecule has 98 valence electrons. The summed E-state index contributed by atoms with van der Waals surface area (Å²) >= 11 is 0. The van der Waals surface area contributed by atoms with E-state index in [1.54, 1.807) is 19.1 Å². The number of hydrogen-bond donors (Lipinski definition) is 3. The third-order valence-electron chi connectivity index (χ3n) is 2.63. The van der Waals surface area contributed by atoms with E-state index in [9.17, 15) is 9.59 Å². The summed E-state index contributed by atoms with van der Waals surface area (Å²) < 4.78 is 0. The number of primary amides is 1. The van der Waals surface area contributed by atoms with Crippen LogP contribution in [-0.2, 0) is 11.3 Å². The number of carbonyl (C=O) groups is 2. The van der Waals surface area contributed by atoms with Crippen LogP contribution in [0, 0.1) is 0 Å². The summed E-state index contributed by atoms with van der Waals surface area (Å²) in [6.45, 7) is 4.67. The van der Waals surface area contributed by atoms with E-state index in [0.717, 1.165) is 5.56 Å². The van der Waals surface area contributed by atoms with Crippen molar-refractivity contribution in [1.82, 2.24) is 10.6 Å². The standard InChI is InChI=1S/C13H19N3O2/c1-3-15-13(18)9(2)16-8-10-6-4-5-7-11(10)12(14)17/h4-7,9,16H,3,8H2,1-2H3,(H2,14,17)(H,15,18). The van der Waals surface area contributed by atoms with Gasteiger partial charge in [-0.15, -0.1) is 0 Å². The van der Waals surface area contributed by atoms with Crippen LogP contribution in [-0.4, -0.2) is 24.4 Å². The van der Waals surface area contributed by atoms with Crippen LogP contribution < -0.4 is 16.4 Å². The summed E-state index contributed by atoms with van der Waals surface area (Å²) in [4.78, 5) is 22.7. The smallest absolute Gasteiger partial charge is 0.249 e. The number of benzene rings is 1. The van der Waals surface area contributed by atoms with Crippen LogP contribution in [0.25, 0.3) is 0 Å². The van der Waals surface area contributed by atoms with Crippen LogP contribution in [0.3, 0.4) is 0 Å². The van der Waals surface area contributed by atoms with Crippen LogP contribution >= 0.6 is 0 Å². The fourth-order valence-electron chi connectivity index (χ4n) is 1.60. The largest absolute Gasteiger partial charge is 0.366 e. The molecule has 1 atom stereocenters. The Morgan fingerprint density at radius 3 is 2.61 bits per heavy atom. The number of carbonyl (C=O) groups excluding carboxylic acids is 2. The Kier molecular flexibility index (Phi) is 5.32. The molecule has 1 unspecified atom stereocenters. The third kappa shape index (κ3) is 3.85. The molecular formula is C13H19N3O2. The lowest BCUT2D eigenvalue weighted by Crippen LogP contribution is -2.41. The molecule has 0 saturated heterocycles. The van der Waals surface area contributed by atoms with E-state index in [1.807, 2.05) is 19.1 Å². The summed E-state index contributed by atoms with van der Waals surface area (Å²) in [5.41, 5.74) is 6.55. The Morgan fingerprint density at radius 2 is 2.00 bits per heavy atom. The zero-order chi connectivity index (χ0) is 13.5. The zero-order valence-electron chi connectivity index (χ0n) is 10.7. The van der Waals surface area contributed by atoms with Crippen molar-refractivity contribution in [3.8, 4) is 0 Å². The number of amides is 2. The lowest BCUT2D eigenvalue weighted by molar-refractivity contribution is -0.122. The van der Waals surface area contributed by atoms with Crippen molar-refractivity contribution in [2.75, 3.05) is 6.54 Å². The van der Waals surface area contributed by atoms with Crippen LogP contribution in [0.1, 0.15) is 29.8 Å². The predicted molar refractivity (Wildman–Crippen MR) is 69.9 cm³/mol. The van der Waals surface area contributed by atoms with Crippen LogP contribution in [0.15, 0.2) is 24.3 Å². The maximum absolute atomic E-state index is 11.5. The molecule has 1 rings (SSSR count). The van der Waals surface area contributed by atoms with Gasteiger partial charge in [0.15, 0.2) is 0 Å². The van der Waals surface area contributed by atoms with Crippen molar-refractivity contribution >= 4 is 11.8 Å². The van der Waals surface area contributed by atoms with Gasteiger partial charge < -0.3 is 16.4 Å². The van der Waals surface area contributed by atoms with Gasteiger partial charge in [-0.2, -0.15) is 0 Å². The molecule has 1 aromatic rings.